The number of hydrogen-bond donors (Lipinski definition) is 2. The van der Waals surface area contributed by atoms with Crippen molar-refractivity contribution in [1.82, 2.24) is 10.2 Å². The first-order valence-electron chi connectivity index (χ1n) is 7.34. The van der Waals surface area contributed by atoms with Crippen LogP contribution in [0.25, 0.3) is 0 Å². The third-order valence-corrected chi connectivity index (χ3v) is 6.26. The molecule has 5 nitrogen and oxygen atoms in total. The molecule has 3 rings (SSSR count). The zero-order chi connectivity index (χ0) is 13.5. The fourth-order valence-electron chi connectivity index (χ4n) is 3.09. The van der Waals surface area contributed by atoms with Crippen molar-refractivity contribution in [2.24, 2.45) is 5.92 Å². The lowest BCUT2D eigenvalue weighted by atomic mass is 9.93. The molecule has 2 N–H and O–H groups in total. The third kappa shape index (κ3) is 3.29. The normalized spacial score (nSPS) is 31.0. The number of sulfone groups is 1. The maximum atomic E-state index is 11.5. The van der Waals surface area contributed by atoms with E-state index in [4.69, 9.17) is 0 Å². The molecule has 0 bridgehead atoms. The summed E-state index contributed by atoms with van der Waals surface area (Å²) in [6, 6.07) is 0.571. The second kappa shape index (κ2) is 4.98. The van der Waals surface area contributed by atoms with E-state index in [1.807, 2.05) is 0 Å². The van der Waals surface area contributed by atoms with Gasteiger partial charge in [-0.15, -0.1) is 0 Å². The van der Waals surface area contributed by atoms with Gasteiger partial charge in [0.15, 0.2) is 9.84 Å². The van der Waals surface area contributed by atoms with E-state index in [9.17, 15) is 13.5 Å². The summed E-state index contributed by atoms with van der Waals surface area (Å²) in [5.74, 6) is 1.10. The van der Waals surface area contributed by atoms with Gasteiger partial charge in [0.1, 0.15) is 0 Å². The van der Waals surface area contributed by atoms with Gasteiger partial charge in [-0.2, -0.15) is 0 Å². The Balaban J connectivity index is 1.63. The number of rotatable bonds is 6. The molecule has 3 aliphatic rings. The smallest absolute Gasteiger partial charge is 0.152 e. The average Bonchev–Trinajstić information content (AvgIpc) is 3.24. The van der Waals surface area contributed by atoms with Gasteiger partial charge < -0.3 is 10.4 Å². The van der Waals surface area contributed by atoms with Crippen molar-refractivity contribution in [2.75, 3.05) is 37.7 Å². The van der Waals surface area contributed by atoms with E-state index in [1.165, 1.54) is 25.7 Å². The van der Waals surface area contributed by atoms with Gasteiger partial charge in [0.05, 0.1) is 23.7 Å². The summed E-state index contributed by atoms with van der Waals surface area (Å²) in [5, 5.41) is 13.5. The van der Waals surface area contributed by atoms with Crippen LogP contribution in [0.2, 0.25) is 0 Å². The quantitative estimate of drug-likeness (QED) is 0.697. The van der Waals surface area contributed by atoms with Gasteiger partial charge in [-0.25, -0.2) is 8.42 Å². The van der Waals surface area contributed by atoms with Crippen LogP contribution in [0.15, 0.2) is 0 Å². The molecular formula is C13H24N2O3S. The predicted octanol–water partition coefficient (Wildman–Crippen LogP) is -0.390. The van der Waals surface area contributed by atoms with E-state index in [-0.39, 0.29) is 23.7 Å². The van der Waals surface area contributed by atoms with Gasteiger partial charge >= 0.3 is 0 Å². The Hall–Kier alpha value is -0.170. The molecule has 0 amide bonds. The van der Waals surface area contributed by atoms with Gasteiger partial charge in [-0.05, 0) is 31.6 Å². The number of nitrogens with zero attached hydrogens (tertiary/aromatic N) is 1. The molecule has 3 fully saturated rings. The van der Waals surface area contributed by atoms with Gasteiger partial charge in [0.25, 0.3) is 0 Å². The van der Waals surface area contributed by atoms with Crippen LogP contribution < -0.4 is 5.32 Å². The first-order valence-corrected chi connectivity index (χ1v) is 9.16. The van der Waals surface area contributed by atoms with E-state index in [1.54, 1.807) is 0 Å². The van der Waals surface area contributed by atoms with E-state index in [0.29, 0.717) is 25.0 Å². The largest absolute Gasteiger partial charge is 0.394 e. The standard InChI is InChI=1S/C13H24N2O3S/c16-10-13(11-1-2-11,14-12-3-4-12)9-15-5-7-19(17,18)8-6-15/h11-12,14,16H,1-10H2. The highest BCUT2D eigenvalue weighted by Gasteiger charge is 2.48. The van der Waals surface area contributed by atoms with Crippen molar-refractivity contribution >= 4 is 9.84 Å². The van der Waals surface area contributed by atoms with Crippen LogP contribution in [0.5, 0.6) is 0 Å². The molecule has 1 aliphatic heterocycles. The lowest BCUT2D eigenvalue weighted by Crippen LogP contribution is -2.60. The number of hydrogen-bond acceptors (Lipinski definition) is 5. The summed E-state index contributed by atoms with van der Waals surface area (Å²) >= 11 is 0. The lowest BCUT2D eigenvalue weighted by molar-refractivity contribution is 0.0922. The molecule has 1 saturated heterocycles. The molecule has 0 aromatic carbocycles. The minimum Gasteiger partial charge on any atom is -0.394 e. The molecular weight excluding hydrogens is 264 g/mol. The second-order valence-electron chi connectivity index (χ2n) is 6.44. The van der Waals surface area contributed by atoms with Crippen molar-refractivity contribution in [3.05, 3.63) is 0 Å². The molecule has 1 heterocycles. The first-order chi connectivity index (χ1) is 9.03. The van der Waals surface area contributed by atoms with Crippen molar-refractivity contribution in [1.29, 1.82) is 0 Å². The molecule has 0 aromatic rings. The Morgan fingerprint density at radius 1 is 1.16 bits per heavy atom. The number of aliphatic hydroxyl groups is 1. The van der Waals surface area contributed by atoms with Crippen LogP contribution in [-0.2, 0) is 9.84 Å². The Bertz CT molecular complexity index is 417. The van der Waals surface area contributed by atoms with Crippen molar-refractivity contribution < 1.29 is 13.5 Å². The highest BCUT2D eigenvalue weighted by atomic mass is 32.2. The Morgan fingerprint density at radius 3 is 2.26 bits per heavy atom. The number of nitrogens with one attached hydrogen (secondary N) is 1. The second-order valence-corrected chi connectivity index (χ2v) is 8.74. The molecule has 6 heteroatoms. The minimum atomic E-state index is -2.82. The van der Waals surface area contributed by atoms with Crippen molar-refractivity contribution in [2.45, 2.75) is 37.3 Å². The Kier molecular flexibility index (Phi) is 3.62. The summed E-state index contributed by atoms with van der Waals surface area (Å²) in [5.41, 5.74) is -0.192. The minimum absolute atomic E-state index is 0.164. The molecule has 110 valence electrons. The van der Waals surface area contributed by atoms with E-state index < -0.39 is 9.84 Å². The van der Waals surface area contributed by atoms with Gasteiger partial charge in [-0.3, -0.25) is 4.90 Å². The molecule has 2 aliphatic carbocycles. The average molecular weight is 288 g/mol. The molecule has 19 heavy (non-hydrogen) atoms. The molecule has 0 radical (unpaired) electrons. The van der Waals surface area contributed by atoms with Crippen LogP contribution in [0.1, 0.15) is 25.7 Å². The van der Waals surface area contributed by atoms with Gasteiger partial charge in [0, 0.05) is 25.7 Å². The zero-order valence-electron chi connectivity index (χ0n) is 11.3. The summed E-state index contributed by atoms with van der Waals surface area (Å²) in [6.45, 7) is 2.18. The summed E-state index contributed by atoms with van der Waals surface area (Å²) in [6.07, 6.45) is 4.80. The van der Waals surface area contributed by atoms with Crippen LogP contribution in [0.4, 0.5) is 0 Å². The van der Waals surface area contributed by atoms with E-state index >= 15 is 0 Å². The predicted molar refractivity (Wildman–Crippen MR) is 73.8 cm³/mol. The third-order valence-electron chi connectivity index (χ3n) is 4.65. The fourth-order valence-corrected chi connectivity index (χ4v) is 4.37. The molecule has 1 atom stereocenters. The van der Waals surface area contributed by atoms with Gasteiger partial charge in [0.2, 0.25) is 0 Å². The lowest BCUT2D eigenvalue weighted by Gasteiger charge is -2.40. The Labute approximate surface area is 115 Å². The summed E-state index contributed by atoms with van der Waals surface area (Å²) < 4.78 is 22.9. The molecule has 0 spiro atoms. The first kappa shape index (κ1) is 13.8. The van der Waals surface area contributed by atoms with Gasteiger partial charge in [-0.1, -0.05) is 0 Å². The van der Waals surface area contributed by atoms with Crippen molar-refractivity contribution in [3.63, 3.8) is 0 Å². The SMILES string of the molecule is O=S1(=O)CCN(CC(CO)(NC2CC2)C2CC2)CC1. The maximum absolute atomic E-state index is 11.5. The topological polar surface area (TPSA) is 69.6 Å². The van der Waals surface area contributed by atoms with E-state index in [0.717, 1.165) is 6.54 Å². The van der Waals surface area contributed by atoms with E-state index in [2.05, 4.69) is 10.2 Å². The monoisotopic (exact) mass is 288 g/mol. The van der Waals surface area contributed by atoms with Crippen LogP contribution in [-0.4, -0.2) is 67.8 Å². The highest BCUT2D eigenvalue weighted by Crippen LogP contribution is 2.42. The van der Waals surface area contributed by atoms with Crippen molar-refractivity contribution in [3.8, 4) is 0 Å². The molecule has 2 saturated carbocycles. The summed E-state index contributed by atoms with van der Waals surface area (Å²) in [4.78, 5) is 2.21. The fraction of sp³-hybridized carbons (Fsp3) is 1.00. The zero-order valence-corrected chi connectivity index (χ0v) is 12.2. The maximum Gasteiger partial charge on any atom is 0.152 e. The van der Waals surface area contributed by atoms with Crippen LogP contribution >= 0.6 is 0 Å². The van der Waals surface area contributed by atoms with Crippen LogP contribution in [0.3, 0.4) is 0 Å². The van der Waals surface area contributed by atoms with Crippen LogP contribution in [0, 0.1) is 5.92 Å². The summed E-state index contributed by atoms with van der Waals surface area (Å²) in [7, 11) is -2.82. The Morgan fingerprint density at radius 2 is 1.79 bits per heavy atom. The number of aliphatic hydroxyl groups excluding tert-OH is 1. The molecule has 1 unspecified atom stereocenters. The highest BCUT2D eigenvalue weighted by molar-refractivity contribution is 7.91. The molecule has 0 aromatic heterocycles.